The first-order chi connectivity index (χ1) is 12.3. The first-order valence-electron chi connectivity index (χ1n) is 9.28. The summed E-state index contributed by atoms with van der Waals surface area (Å²) in [6.07, 6.45) is 8.27. The Hall–Kier alpha value is -1.08. The molecule has 1 saturated carbocycles. The summed E-state index contributed by atoms with van der Waals surface area (Å²) in [5.41, 5.74) is 1.61. The highest BCUT2D eigenvalue weighted by Crippen LogP contribution is 2.25. The molecule has 5 nitrogen and oxygen atoms in total. The Balaban J connectivity index is 1.85. The van der Waals surface area contributed by atoms with Crippen molar-refractivity contribution < 1.29 is 13.2 Å². The van der Waals surface area contributed by atoms with Crippen LogP contribution in [0.1, 0.15) is 50.5 Å². The van der Waals surface area contributed by atoms with Gasteiger partial charge in [-0.3, -0.25) is 9.10 Å². The summed E-state index contributed by atoms with van der Waals surface area (Å²) in [7, 11) is -3.39. The molecule has 146 valence electrons. The van der Waals surface area contributed by atoms with Crippen molar-refractivity contribution in [3.63, 3.8) is 0 Å². The molecule has 0 unspecified atom stereocenters. The van der Waals surface area contributed by atoms with Gasteiger partial charge in [0.25, 0.3) is 0 Å². The Kier molecular flexibility index (Phi) is 7.95. The van der Waals surface area contributed by atoms with E-state index in [4.69, 9.17) is 0 Å². The molecule has 0 bridgehead atoms. The van der Waals surface area contributed by atoms with Gasteiger partial charge >= 0.3 is 0 Å². The monoisotopic (exact) mass is 444 g/mol. The predicted octanol–water partition coefficient (Wildman–Crippen LogP) is 4.00. The molecule has 0 atom stereocenters. The number of benzene rings is 1. The van der Waals surface area contributed by atoms with Crippen LogP contribution in [0, 0.1) is 12.8 Å². The van der Waals surface area contributed by atoms with Gasteiger partial charge in [0.1, 0.15) is 0 Å². The molecule has 0 heterocycles. The Morgan fingerprint density at radius 3 is 2.58 bits per heavy atom. The first-order valence-corrected chi connectivity index (χ1v) is 11.9. The molecule has 0 radical (unpaired) electrons. The lowest BCUT2D eigenvalue weighted by molar-refractivity contribution is -0.121. The molecule has 0 spiro atoms. The maximum Gasteiger partial charge on any atom is 0.232 e. The number of carbonyl (C=O) groups is 1. The van der Waals surface area contributed by atoms with Crippen LogP contribution in [0.25, 0.3) is 0 Å². The zero-order chi connectivity index (χ0) is 19.2. The molecule has 1 fully saturated rings. The lowest BCUT2D eigenvalue weighted by Gasteiger charge is -2.23. The molecule has 1 N–H and O–H groups in total. The number of hydrogen-bond donors (Lipinski definition) is 1. The van der Waals surface area contributed by atoms with Crippen LogP contribution in [0.3, 0.4) is 0 Å². The van der Waals surface area contributed by atoms with Crippen molar-refractivity contribution in [1.82, 2.24) is 5.32 Å². The fraction of sp³-hybridized carbons (Fsp3) is 0.632. The minimum absolute atomic E-state index is 0.0102. The van der Waals surface area contributed by atoms with E-state index in [0.717, 1.165) is 16.6 Å². The van der Waals surface area contributed by atoms with Crippen molar-refractivity contribution in [2.45, 2.75) is 51.9 Å². The minimum atomic E-state index is -3.39. The number of nitrogens with one attached hydrogen (secondary N) is 1. The average molecular weight is 445 g/mol. The number of halogens is 1. The molecule has 0 aliphatic heterocycles. The van der Waals surface area contributed by atoms with E-state index in [1.807, 2.05) is 19.1 Å². The molecule has 26 heavy (non-hydrogen) atoms. The number of nitrogens with zero attached hydrogens (tertiary/aromatic N) is 1. The number of hydrogen-bond acceptors (Lipinski definition) is 3. The van der Waals surface area contributed by atoms with Crippen molar-refractivity contribution in [3.8, 4) is 0 Å². The van der Waals surface area contributed by atoms with Crippen LogP contribution in [0.2, 0.25) is 0 Å². The Morgan fingerprint density at radius 2 is 1.96 bits per heavy atom. The summed E-state index contributed by atoms with van der Waals surface area (Å²) in [5, 5.41) is 3.01. The van der Waals surface area contributed by atoms with Gasteiger partial charge in [0.15, 0.2) is 0 Å². The van der Waals surface area contributed by atoms with Crippen molar-refractivity contribution in [1.29, 1.82) is 0 Å². The molecule has 0 aromatic heterocycles. The van der Waals surface area contributed by atoms with E-state index < -0.39 is 10.0 Å². The van der Waals surface area contributed by atoms with Crippen molar-refractivity contribution in [3.05, 3.63) is 28.2 Å². The second kappa shape index (κ2) is 9.74. The van der Waals surface area contributed by atoms with Crippen LogP contribution in [0.5, 0.6) is 0 Å². The molecule has 2 rings (SSSR count). The standard InChI is InChI=1S/C19H29BrN2O3S/c1-15-13-17(10-11-18(15)20)22(26(2,24)25)12-6-9-19(23)21-14-16-7-4-3-5-8-16/h10-11,13,16H,3-9,12,14H2,1-2H3,(H,21,23). The highest BCUT2D eigenvalue weighted by Gasteiger charge is 2.19. The van der Waals surface area contributed by atoms with Gasteiger partial charge in [-0.25, -0.2) is 8.42 Å². The van der Waals surface area contributed by atoms with Crippen molar-refractivity contribution >= 4 is 37.5 Å². The maximum atomic E-state index is 12.1. The number of carbonyl (C=O) groups excluding carboxylic acids is 1. The topological polar surface area (TPSA) is 66.5 Å². The Bertz CT molecular complexity index is 715. The summed E-state index contributed by atoms with van der Waals surface area (Å²) >= 11 is 3.43. The smallest absolute Gasteiger partial charge is 0.232 e. The summed E-state index contributed by atoms with van der Waals surface area (Å²) in [6.45, 7) is 2.98. The van der Waals surface area contributed by atoms with Crippen molar-refractivity contribution in [2.75, 3.05) is 23.7 Å². The van der Waals surface area contributed by atoms with E-state index in [1.54, 1.807) is 6.07 Å². The van der Waals surface area contributed by atoms with Gasteiger partial charge in [0.05, 0.1) is 11.9 Å². The summed E-state index contributed by atoms with van der Waals surface area (Å²) in [4.78, 5) is 12.1. The van der Waals surface area contributed by atoms with Crippen LogP contribution in [-0.2, 0) is 14.8 Å². The van der Waals surface area contributed by atoms with E-state index in [-0.39, 0.29) is 5.91 Å². The third kappa shape index (κ3) is 6.58. The van der Waals surface area contributed by atoms with E-state index in [9.17, 15) is 13.2 Å². The summed E-state index contributed by atoms with van der Waals surface area (Å²) in [6, 6.07) is 5.47. The normalized spacial score (nSPS) is 15.7. The molecule has 0 saturated heterocycles. The van der Waals surface area contributed by atoms with Gasteiger partial charge in [0, 0.05) is 24.0 Å². The van der Waals surface area contributed by atoms with Gasteiger partial charge in [-0.15, -0.1) is 0 Å². The van der Waals surface area contributed by atoms with Crippen LogP contribution in [-0.4, -0.2) is 33.7 Å². The molecular weight excluding hydrogens is 416 g/mol. The third-order valence-electron chi connectivity index (χ3n) is 4.91. The number of amides is 1. The highest BCUT2D eigenvalue weighted by atomic mass is 79.9. The Morgan fingerprint density at radius 1 is 1.27 bits per heavy atom. The van der Waals surface area contributed by atoms with Gasteiger partial charge < -0.3 is 5.32 Å². The molecule has 1 aromatic carbocycles. The lowest BCUT2D eigenvalue weighted by Crippen LogP contribution is -2.33. The molecule has 1 aromatic rings. The summed E-state index contributed by atoms with van der Waals surface area (Å²) in [5.74, 6) is 0.613. The van der Waals surface area contributed by atoms with Gasteiger partial charge in [0.2, 0.25) is 15.9 Å². The van der Waals surface area contributed by atoms with Gasteiger partial charge in [-0.05, 0) is 55.9 Å². The zero-order valence-corrected chi connectivity index (χ0v) is 18.0. The number of sulfonamides is 1. The number of aryl methyl sites for hydroxylation is 1. The second-order valence-corrected chi connectivity index (χ2v) is 9.94. The third-order valence-corrected chi connectivity index (χ3v) is 6.99. The number of rotatable bonds is 8. The fourth-order valence-corrected chi connectivity index (χ4v) is 4.60. The zero-order valence-electron chi connectivity index (χ0n) is 15.6. The SMILES string of the molecule is Cc1cc(N(CCCC(=O)NCC2CCCCC2)S(C)(=O)=O)ccc1Br. The molecular formula is C19H29BrN2O3S. The van der Waals surface area contributed by atoms with Crippen LogP contribution >= 0.6 is 15.9 Å². The molecule has 1 aliphatic carbocycles. The Labute approximate surface area is 165 Å². The second-order valence-electron chi connectivity index (χ2n) is 7.18. The molecule has 7 heteroatoms. The van der Waals surface area contributed by atoms with Crippen LogP contribution in [0.15, 0.2) is 22.7 Å². The molecule has 1 aliphatic rings. The predicted molar refractivity (Wildman–Crippen MR) is 110 cm³/mol. The average Bonchev–Trinajstić information content (AvgIpc) is 2.59. The largest absolute Gasteiger partial charge is 0.356 e. The quantitative estimate of drug-likeness (QED) is 0.658. The van der Waals surface area contributed by atoms with E-state index in [1.165, 1.54) is 42.7 Å². The maximum absolute atomic E-state index is 12.1. The van der Waals surface area contributed by atoms with Gasteiger partial charge in [-0.2, -0.15) is 0 Å². The van der Waals surface area contributed by atoms with E-state index >= 15 is 0 Å². The fourth-order valence-electron chi connectivity index (χ4n) is 3.39. The number of anilines is 1. The minimum Gasteiger partial charge on any atom is -0.356 e. The van der Waals surface area contributed by atoms with Crippen LogP contribution < -0.4 is 9.62 Å². The molecule has 1 amide bonds. The van der Waals surface area contributed by atoms with E-state index in [2.05, 4.69) is 21.2 Å². The van der Waals surface area contributed by atoms with Crippen molar-refractivity contribution in [2.24, 2.45) is 5.92 Å². The lowest BCUT2D eigenvalue weighted by atomic mass is 9.89. The highest BCUT2D eigenvalue weighted by molar-refractivity contribution is 9.10. The van der Waals surface area contributed by atoms with Gasteiger partial charge in [-0.1, -0.05) is 35.2 Å². The summed E-state index contributed by atoms with van der Waals surface area (Å²) < 4.78 is 26.6. The van der Waals surface area contributed by atoms with Crippen LogP contribution in [0.4, 0.5) is 5.69 Å². The first kappa shape index (κ1) is 21.2. The van der Waals surface area contributed by atoms with E-state index in [0.29, 0.717) is 31.0 Å².